The number of benzene rings is 2. The molecule has 0 atom stereocenters. The Balaban J connectivity index is 1.58. The van der Waals surface area contributed by atoms with Crippen molar-refractivity contribution in [1.82, 2.24) is 24.7 Å². The van der Waals surface area contributed by atoms with Crippen molar-refractivity contribution in [2.24, 2.45) is 0 Å². The summed E-state index contributed by atoms with van der Waals surface area (Å²) in [4.78, 5) is 13.9. The third-order valence-electron chi connectivity index (χ3n) is 5.82. The maximum absolute atomic E-state index is 6.61. The number of rotatable bonds is 7. The van der Waals surface area contributed by atoms with E-state index in [2.05, 4.69) is 65.5 Å². The van der Waals surface area contributed by atoms with Gasteiger partial charge in [0.25, 0.3) is 0 Å². The Morgan fingerprint density at radius 3 is 2.38 bits per heavy atom. The Labute approximate surface area is 198 Å². The van der Waals surface area contributed by atoms with E-state index in [1.54, 1.807) is 10.9 Å². The van der Waals surface area contributed by atoms with Gasteiger partial charge in [0.05, 0.1) is 29.9 Å². The second-order valence-corrected chi connectivity index (χ2v) is 8.57. The summed E-state index contributed by atoms with van der Waals surface area (Å²) < 4.78 is 1.79. The molecule has 0 radical (unpaired) electrons. The highest BCUT2D eigenvalue weighted by Gasteiger charge is 2.19. The Kier molecular flexibility index (Phi) is 5.91. The van der Waals surface area contributed by atoms with Gasteiger partial charge >= 0.3 is 0 Å². The minimum absolute atomic E-state index is 0.453. The minimum Gasteiger partial charge on any atom is -0.383 e. The van der Waals surface area contributed by atoms with E-state index in [0.29, 0.717) is 36.4 Å². The molecule has 170 valence electrons. The number of nitrogens with one attached hydrogen (secondary N) is 1. The first-order chi connectivity index (χ1) is 16.6. The molecule has 5 rings (SSSR count). The maximum atomic E-state index is 6.61. The molecule has 0 amide bonds. The molecule has 2 aromatic carbocycles. The van der Waals surface area contributed by atoms with Gasteiger partial charge in [-0.05, 0) is 29.2 Å². The van der Waals surface area contributed by atoms with E-state index in [4.69, 9.17) is 15.8 Å². The van der Waals surface area contributed by atoms with E-state index in [0.717, 1.165) is 27.9 Å². The van der Waals surface area contributed by atoms with E-state index in [-0.39, 0.29) is 0 Å². The molecule has 0 saturated carbocycles. The van der Waals surface area contributed by atoms with Crippen molar-refractivity contribution < 1.29 is 0 Å². The lowest BCUT2D eigenvalue weighted by atomic mass is 10.00. The second kappa shape index (κ2) is 9.31. The van der Waals surface area contributed by atoms with Crippen LogP contribution in [-0.2, 0) is 13.1 Å². The maximum Gasteiger partial charge on any atom is 0.225 e. The van der Waals surface area contributed by atoms with Gasteiger partial charge in [0.15, 0.2) is 5.65 Å². The van der Waals surface area contributed by atoms with Gasteiger partial charge in [-0.15, -0.1) is 5.10 Å². The normalized spacial score (nSPS) is 11.3. The van der Waals surface area contributed by atoms with E-state index in [1.807, 2.05) is 36.4 Å². The van der Waals surface area contributed by atoms with Crippen LogP contribution < -0.4 is 11.1 Å². The number of hydrogen-bond acceptors (Lipinski definition) is 6. The summed E-state index contributed by atoms with van der Waals surface area (Å²) >= 11 is 0. The standard InChI is InChI=1S/C27H27N7/c1-18(2)20-11-13-21(14-12-20)24-23-25(28)34(17-19-8-4-3-5-9-19)33-26(23)32-27(31-24)30-16-22-10-6-7-15-29-22/h3-15,18H,16-17,28H2,1-2H3,(H,30,32,33). The van der Waals surface area contributed by atoms with Crippen molar-refractivity contribution in [1.29, 1.82) is 0 Å². The van der Waals surface area contributed by atoms with Crippen LogP contribution >= 0.6 is 0 Å². The molecule has 7 nitrogen and oxygen atoms in total. The number of anilines is 2. The van der Waals surface area contributed by atoms with Crippen LogP contribution in [0.4, 0.5) is 11.8 Å². The van der Waals surface area contributed by atoms with Crippen LogP contribution in [0.2, 0.25) is 0 Å². The van der Waals surface area contributed by atoms with Crippen molar-refractivity contribution in [3.8, 4) is 11.3 Å². The number of fused-ring (bicyclic) bond motifs is 1. The summed E-state index contributed by atoms with van der Waals surface area (Å²) in [5, 5.41) is 8.80. The number of nitrogen functional groups attached to an aromatic ring is 1. The van der Waals surface area contributed by atoms with Crippen molar-refractivity contribution in [3.63, 3.8) is 0 Å². The molecule has 0 fully saturated rings. The second-order valence-electron chi connectivity index (χ2n) is 8.57. The average Bonchev–Trinajstić information content (AvgIpc) is 3.18. The Hall–Kier alpha value is -4.26. The lowest BCUT2D eigenvalue weighted by Gasteiger charge is -2.10. The molecule has 0 aliphatic carbocycles. The molecular weight excluding hydrogens is 422 g/mol. The van der Waals surface area contributed by atoms with Crippen LogP contribution in [-0.4, -0.2) is 24.7 Å². The first-order valence-corrected chi connectivity index (χ1v) is 11.4. The first-order valence-electron chi connectivity index (χ1n) is 11.4. The number of pyridine rings is 1. The van der Waals surface area contributed by atoms with Gasteiger partial charge < -0.3 is 11.1 Å². The summed E-state index contributed by atoms with van der Waals surface area (Å²) in [6.45, 7) is 5.44. The van der Waals surface area contributed by atoms with E-state index in [1.165, 1.54) is 5.56 Å². The lowest BCUT2D eigenvalue weighted by molar-refractivity contribution is 0.703. The number of nitrogens with zero attached hydrogens (tertiary/aromatic N) is 5. The molecule has 3 aromatic heterocycles. The van der Waals surface area contributed by atoms with Crippen LogP contribution in [0.3, 0.4) is 0 Å². The molecule has 0 spiro atoms. The van der Waals surface area contributed by atoms with E-state index < -0.39 is 0 Å². The molecule has 0 aliphatic heterocycles. The first kappa shape index (κ1) is 21.6. The predicted molar refractivity (Wildman–Crippen MR) is 136 cm³/mol. The van der Waals surface area contributed by atoms with Gasteiger partial charge in [-0.25, -0.2) is 9.67 Å². The zero-order chi connectivity index (χ0) is 23.5. The van der Waals surface area contributed by atoms with Crippen LogP contribution in [0.5, 0.6) is 0 Å². The van der Waals surface area contributed by atoms with Crippen molar-refractivity contribution in [2.45, 2.75) is 32.9 Å². The fourth-order valence-electron chi connectivity index (χ4n) is 3.92. The largest absolute Gasteiger partial charge is 0.383 e. The summed E-state index contributed by atoms with van der Waals surface area (Å²) in [5.74, 6) is 1.50. The lowest BCUT2D eigenvalue weighted by Crippen LogP contribution is -2.06. The molecular formula is C27H27N7. The number of hydrogen-bond donors (Lipinski definition) is 2. The Bertz CT molecular complexity index is 1390. The highest BCUT2D eigenvalue weighted by molar-refractivity contribution is 5.99. The topological polar surface area (TPSA) is 94.5 Å². The molecule has 7 heteroatoms. The van der Waals surface area contributed by atoms with Crippen LogP contribution in [0.25, 0.3) is 22.3 Å². The highest BCUT2D eigenvalue weighted by atomic mass is 15.3. The molecule has 0 bridgehead atoms. The molecule has 3 N–H and O–H groups in total. The third-order valence-corrected chi connectivity index (χ3v) is 5.82. The van der Waals surface area contributed by atoms with Gasteiger partial charge in [-0.2, -0.15) is 4.98 Å². The van der Waals surface area contributed by atoms with Crippen molar-refractivity contribution in [3.05, 3.63) is 95.8 Å². The van der Waals surface area contributed by atoms with Crippen molar-refractivity contribution in [2.75, 3.05) is 11.1 Å². The minimum atomic E-state index is 0.453. The monoisotopic (exact) mass is 449 g/mol. The Morgan fingerprint density at radius 1 is 0.912 bits per heavy atom. The zero-order valence-corrected chi connectivity index (χ0v) is 19.3. The number of aromatic nitrogens is 5. The van der Waals surface area contributed by atoms with Crippen LogP contribution in [0, 0.1) is 0 Å². The molecule has 0 aliphatic rings. The summed E-state index contributed by atoms with van der Waals surface area (Å²) in [7, 11) is 0. The SMILES string of the molecule is CC(C)c1ccc(-c2nc(NCc3ccccn3)nc3nn(Cc4ccccc4)c(N)c23)cc1. The highest BCUT2D eigenvalue weighted by Crippen LogP contribution is 2.32. The smallest absolute Gasteiger partial charge is 0.225 e. The summed E-state index contributed by atoms with van der Waals surface area (Å²) in [6.07, 6.45) is 1.77. The van der Waals surface area contributed by atoms with Gasteiger partial charge in [-0.3, -0.25) is 4.98 Å². The van der Waals surface area contributed by atoms with Crippen LogP contribution in [0.15, 0.2) is 79.0 Å². The zero-order valence-electron chi connectivity index (χ0n) is 19.3. The third kappa shape index (κ3) is 4.45. The fourth-order valence-corrected chi connectivity index (χ4v) is 3.92. The predicted octanol–water partition coefficient (Wildman–Crippen LogP) is 5.25. The quantitative estimate of drug-likeness (QED) is 0.352. The molecule has 5 aromatic rings. The van der Waals surface area contributed by atoms with Gasteiger partial charge in [0.1, 0.15) is 5.82 Å². The number of nitrogens with two attached hydrogens (primary N) is 1. The average molecular weight is 450 g/mol. The Morgan fingerprint density at radius 2 is 1.68 bits per heavy atom. The summed E-state index contributed by atoms with van der Waals surface area (Å²) in [6, 6.07) is 24.4. The molecule has 34 heavy (non-hydrogen) atoms. The van der Waals surface area contributed by atoms with E-state index >= 15 is 0 Å². The molecule has 3 heterocycles. The van der Waals surface area contributed by atoms with Crippen LogP contribution in [0.1, 0.15) is 36.6 Å². The van der Waals surface area contributed by atoms with Gasteiger partial charge in [0.2, 0.25) is 5.95 Å². The summed E-state index contributed by atoms with van der Waals surface area (Å²) in [5.41, 5.74) is 12.2. The van der Waals surface area contributed by atoms with Crippen molar-refractivity contribution >= 4 is 22.8 Å². The van der Waals surface area contributed by atoms with Gasteiger partial charge in [-0.1, -0.05) is 74.5 Å². The van der Waals surface area contributed by atoms with E-state index in [9.17, 15) is 0 Å². The molecule has 0 saturated heterocycles. The van der Waals surface area contributed by atoms with Gasteiger partial charge in [0, 0.05) is 11.8 Å². The molecule has 0 unspecified atom stereocenters. The fraction of sp³-hybridized carbons (Fsp3) is 0.185.